The van der Waals surface area contributed by atoms with Crippen LogP contribution in [-0.4, -0.2) is 34.3 Å². The number of carbonyl (C=O) groups excluding carboxylic acids is 2. The molecule has 2 aliphatic rings. The topological polar surface area (TPSA) is 122 Å². The van der Waals surface area contributed by atoms with Gasteiger partial charge < -0.3 is 21.5 Å². The first-order valence-corrected chi connectivity index (χ1v) is 10.7. The van der Waals surface area contributed by atoms with Crippen molar-refractivity contribution in [2.75, 3.05) is 10.6 Å². The average molecular weight is 439 g/mol. The van der Waals surface area contributed by atoms with Gasteiger partial charge in [0.05, 0.1) is 6.42 Å². The normalized spacial score (nSPS) is 23.2. The highest BCUT2D eigenvalue weighted by Crippen LogP contribution is 2.50. The Morgan fingerprint density at radius 3 is 2.56 bits per heavy atom. The summed E-state index contributed by atoms with van der Waals surface area (Å²) < 4.78 is 13.0. The van der Waals surface area contributed by atoms with E-state index < -0.39 is 47.8 Å². The van der Waals surface area contributed by atoms with Crippen LogP contribution in [0.5, 0.6) is 0 Å². The molecule has 32 heavy (non-hydrogen) atoms. The Morgan fingerprint density at radius 2 is 1.84 bits per heavy atom. The van der Waals surface area contributed by atoms with Crippen LogP contribution in [-0.2, 0) is 14.4 Å². The summed E-state index contributed by atoms with van der Waals surface area (Å²) in [5, 5.41) is 16.2. The number of nitrogens with two attached hydrogens (primary N) is 1. The van der Waals surface area contributed by atoms with Gasteiger partial charge in [0.2, 0.25) is 5.91 Å². The molecule has 5 N–H and O–H groups in total. The summed E-state index contributed by atoms with van der Waals surface area (Å²) in [5.41, 5.74) is 6.67. The van der Waals surface area contributed by atoms with Gasteiger partial charge in [-0.2, -0.15) is 0 Å². The third-order valence-corrected chi connectivity index (χ3v) is 6.56. The summed E-state index contributed by atoms with van der Waals surface area (Å²) in [5.74, 6) is -3.40. The number of halogens is 1. The Balaban J connectivity index is 1.54. The van der Waals surface area contributed by atoms with E-state index in [1.54, 1.807) is 0 Å². The van der Waals surface area contributed by atoms with Crippen molar-refractivity contribution in [3.63, 3.8) is 0 Å². The third kappa shape index (κ3) is 4.23. The highest BCUT2D eigenvalue weighted by atomic mass is 19.1. The van der Waals surface area contributed by atoms with Gasteiger partial charge in [0.15, 0.2) is 0 Å². The second-order valence-electron chi connectivity index (χ2n) is 8.70. The fourth-order valence-corrected chi connectivity index (χ4v) is 5.18. The Bertz CT molecular complexity index is 1040. The molecule has 0 aromatic heterocycles. The van der Waals surface area contributed by atoms with Gasteiger partial charge in [0.25, 0.3) is 0 Å². The van der Waals surface area contributed by atoms with E-state index in [0.717, 1.165) is 30.5 Å². The van der Waals surface area contributed by atoms with E-state index in [2.05, 4.69) is 10.6 Å². The van der Waals surface area contributed by atoms with Crippen molar-refractivity contribution < 1.29 is 23.9 Å². The molecule has 0 saturated heterocycles. The zero-order valence-corrected chi connectivity index (χ0v) is 17.5. The number of anilines is 2. The van der Waals surface area contributed by atoms with Crippen molar-refractivity contribution in [3.05, 3.63) is 59.9 Å². The molecule has 1 saturated carbocycles. The van der Waals surface area contributed by atoms with Gasteiger partial charge in [-0.05, 0) is 54.7 Å². The maximum atomic E-state index is 13.0. The highest BCUT2D eigenvalue weighted by molar-refractivity contribution is 6.05. The van der Waals surface area contributed by atoms with Crippen LogP contribution in [0.2, 0.25) is 0 Å². The van der Waals surface area contributed by atoms with Crippen molar-refractivity contribution >= 4 is 29.0 Å². The number of rotatable bonds is 7. The summed E-state index contributed by atoms with van der Waals surface area (Å²) in [6, 6.07) is 12.7. The maximum Gasteiger partial charge on any atom is 0.324 e. The lowest BCUT2D eigenvalue weighted by molar-refractivity contribution is -0.147. The average Bonchev–Trinajstić information content (AvgIpc) is 3.21. The maximum absolute atomic E-state index is 13.0. The van der Waals surface area contributed by atoms with E-state index >= 15 is 0 Å². The Kier molecular flexibility index (Phi) is 5.97. The molecule has 2 aromatic carbocycles. The van der Waals surface area contributed by atoms with Crippen LogP contribution in [0.1, 0.15) is 43.6 Å². The Labute approximate surface area is 185 Å². The van der Waals surface area contributed by atoms with Crippen molar-refractivity contribution in [3.8, 4) is 0 Å². The van der Waals surface area contributed by atoms with Crippen molar-refractivity contribution in [2.45, 2.75) is 49.6 Å². The molecular weight excluding hydrogens is 413 g/mol. The zero-order valence-electron chi connectivity index (χ0n) is 17.5. The fourth-order valence-electron chi connectivity index (χ4n) is 5.18. The lowest BCUT2D eigenvalue weighted by atomic mass is 9.66. The van der Waals surface area contributed by atoms with Gasteiger partial charge in [-0.15, -0.1) is 0 Å². The summed E-state index contributed by atoms with van der Waals surface area (Å²) in [6.45, 7) is 0. The van der Waals surface area contributed by atoms with Gasteiger partial charge in [0.1, 0.15) is 17.1 Å². The quantitative estimate of drug-likeness (QED) is 0.491. The first kappa shape index (κ1) is 22.0. The van der Waals surface area contributed by atoms with Gasteiger partial charge >= 0.3 is 5.97 Å². The van der Waals surface area contributed by atoms with Gasteiger partial charge in [-0.1, -0.05) is 24.6 Å². The van der Waals surface area contributed by atoms with Crippen LogP contribution in [0.25, 0.3) is 0 Å². The fraction of sp³-hybridized carbons (Fsp3) is 0.375. The number of carboxylic acids is 1. The minimum absolute atomic E-state index is 0.00755. The molecule has 2 unspecified atom stereocenters. The summed E-state index contributed by atoms with van der Waals surface area (Å²) in [4.78, 5) is 37.5. The van der Waals surface area contributed by atoms with Crippen LogP contribution < -0.4 is 16.4 Å². The van der Waals surface area contributed by atoms with Crippen molar-refractivity contribution in [1.29, 1.82) is 0 Å². The van der Waals surface area contributed by atoms with E-state index in [0.29, 0.717) is 5.69 Å². The number of hydrogen-bond acceptors (Lipinski definition) is 5. The number of ketones is 1. The highest BCUT2D eigenvalue weighted by Gasteiger charge is 2.53. The molecule has 0 radical (unpaired) electrons. The van der Waals surface area contributed by atoms with E-state index in [9.17, 15) is 23.9 Å². The summed E-state index contributed by atoms with van der Waals surface area (Å²) in [7, 11) is 0. The minimum atomic E-state index is -1.83. The molecule has 8 heteroatoms. The van der Waals surface area contributed by atoms with E-state index in [4.69, 9.17) is 5.73 Å². The number of Topliss-reactive ketones (excluding diaryl/α,β-unsaturated/α-hetero) is 1. The lowest BCUT2D eigenvalue weighted by Gasteiger charge is -2.44. The number of amides is 1. The van der Waals surface area contributed by atoms with Crippen LogP contribution >= 0.6 is 0 Å². The Morgan fingerprint density at radius 1 is 1.12 bits per heavy atom. The predicted molar refractivity (Wildman–Crippen MR) is 118 cm³/mol. The molecule has 2 aromatic rings. The van der Waals surface area contributed by atoms with Crippen molar-refractivity contribution in [1.82, 2.24) is 0 Å². The molecule has 1 amide bonds. The molecule has 1 aliphatic heterocycles. The molecule has 0 bridgehead atoms. The Hall–Kier alpha value is -3.26. The first-order chi connectivity index (χ1) is 15.3. The molecule has 0 spiro atoms. The van der Waals surface area contributed by atoms with E-state index in [-0.39, 0.29) is 12.0 Å². The molecular formula is C24H26FN3O4. The molecule has 4 rings (SSSR count). The molecule has 168 valence electrons. The summed E-state index contributed by atoms with van der Waals surface area (Å²) in [6.07, 6.45) is 1.73. The smallest absolute Gasteiger partial charge is 0.324 e. The van der Waals surface area contributed by atoms with E-state index in [1.807, 2.05) is 24.3 Å². The molecule has 4 atom stereocenters. The summed E-state index contributed by atoms with van der Waals surface area (Å²) >= 11 is 0. The van der Waals surface area contributed by atoms with Crippen molar-refractivity contribution in [2.24, 2.45) is 11.7 Å². The molecule has 7 nitrogen and oxygen atoms in total. The number of carboxylic acid groups (broad SMARTS) is 1. The van der Waals surface area contributed by atoms with Gasteiger partial charge in [-0.25, -0.2) is 4.39 Å². The number of nitrogens with one attached hydrogen (secondary N) is 2. The number of fused-ring (bicyclic) bond motifs is 2. The number of para-hydroxylation sites is 1. The molecule has 1 heterocycles. The lowest BCUT2D eigenvalue weighted by Crippen LogP contribution is -2.58. The van der Waals surface area contributed by atoms with Crippen LogP contribution in [0, 0.1) is 11.7 Å². The second-order valence-corrected chi connectivity index (χ2v) is 8.70. The third-order valence-electron chi connectivity index (χ3n) is 6.56. The largest absolute Gasteiger partial charge is 0.480 e. The van der Waals surface area contributed by atoms with Crippen LogP contribution in [0.4, 0.5) is 15.8 Å². The van der Waals surface area contributed by atoms with E-state index in [1.165, 1.54) is 24.3 Å². The monoisotopic (exact) mass is 439 g/mol. The number of aliphatic carboxylic acids is 1. The van der Waals surface area contributed by atoms with Gasteiger partial charge in [0, 0.05) is 29.8 Å². The second kappa shape index (κ2) is 8.70. The predicted octanol–water partition coefficient (Wildman–Crippen LogP) is 3.27. The van der Waals surface area contributed by atoms with Gasteiger partial charge in [-0.3, -0.25) is 14.4 Å². The SMILES string of the molecule is NC(CC(=O)CC(=O)Nc1ccc(F)cc1)(C(=O)O)C1c2ccccc2N[C@@H]2CCC[C@H]12. The molecule has 1 fully saturated rings. The number of benzene rings is 2. The first-order valence-electron chi connectivity index (χ1n) is 10.7. The number of hydrogen-bond donors (Lipinski definition) is 4. The molecule has 1 aliphatic carbocycles. The minimum Gasteiger partial charge on any atom is -0.480 e. The van der Waals surface area contributed by atoms with Crippen LogP contribution in [0.3, 0.4) is 0 Å². The van der Waals surface area contributed by atoms with Crippen LogP contribution in [0.15, 0.2) is 48.5 Å². The number of carbonyl (C=O) groups is 3. The standard InChI is InChI=1S/C24H26FN3O4/c25-14-8-10-15(11-9-14)27-21(30)12-16(29)13-24(26,23(31)32)22-17-4-1-2-6-19(17)28-20-7-3-5-18(20)22/h1-2,4,6,8-11,18,20,22,28H,3,5,7,12-13,26H2,(H,27,30)(H,31,32)/t18-,20+,22?,24?/m0/s1. The zero-order chi connectivity index (χ0) is 22.9.